The van der Waals surface area contributed by atoms with Crippen LogP contribution in [0.5, 0.6) is 0 Å². The van der Waals surface area contributed by atoms with Crippen molar-refractivity contribution in [3.05, 3.63) is 0 Å². The van der Waals surface area contributed by atoms with Gasteiger partial charge in [-0.05, 0) is 25.8 Å². The summed E-state index contributed by atoms with van der Waals surface area (Å²) in [5.74, 6) is -0.750. The smallest absolute Gasteiger partial charge is 0.307 e. The zero-order chi connectivity index (χ0) is 10.6. The Labute approximate surface area is 86.1 Å². The Balaban J connectivity index is 2.42. The maximum absolute atomic E-state index is 10.8. The van der Waals surface area contributed by atoms with E-state index in [2.05, 4.69) is 18.7 Å². The molecular formula is C11H21NO2. The molecule has 0 radical (unpaired) electrons. The molecule has 2 unspecified atom stereocenters. The van der Waals surface area contributed by atoms with Crippen LogP contribution in [0.15, 0.2) is 0 Å². The Kier molecular flexibility index (Phi) is 4.39. The van der Waals surface area contributed by atoms with E-state index in [-0.39, 0.29) is 5.92 Å². The summed E-state index contributed by atoms with van der Waals surface area (Å²) in [5, 5.41) is 8.89. The van der Waals surface area contributed by atoms with Gasteiger partial charge >= 0.3 is 5.97 Å². The molecule has 0 aromatic rings. The number of hydrogen-bond acceptors (Lipinski definition) is 2. The van der Waals surface area contributed by atoms with Crippen molar-refractivity contribution in [3.63, 3.8) is 0 Å². The third kappa shape index (κ3) is 2.71. The SMILES string of the molecule is CCCC(CC)N1CCC(C(=O)O)C1. The van der Waals surface area contributed by atoms with Gasteiger partial charge in [0.25, 0.3) is 0 Å². The molecule has 1 aliphatic heterocycles. The lowest BCUT2D eigenvalue weighted by atomic mass is 10.1. The van der Waals surface area contributed by atoms with E-state index in [1.807, 2.05) is 0 Å². The molecule has 3 heteroatoms. The van der Waals surface area contributed by atoms with Crippen molar-refractivity contribution in [2.75, 3.05) is 13.1 Å². The molecule has 1 fully saturated rings. The van der Waals surface area contributed by atoms with E-state index in [4.69, 9.17) is 5.11 Å². The van der Waals surface area contributed by atoms with Crippen molar-refractivity contribution < 1.29 is 9.90 Å². The third-order valence-electron chi connectivity index (χ3n) is 3.18. The summed E-state index contributed by atoms with van der Waals surface area (Å²) < 4.78 is 0. The predicted molar refractivity (Wildman–Crippen MR) is 56.3 cm³/mol. The molecule has 1 aliphatic rings. The number of hydrogen-bond donors (Lipinski definition) is 1. The normalized spacial score (nSPS) is 25.1. The van der Waals surface area contributed by atoms with Crippen LogP contribution in [0, 0.1) is 5.92 Å². The molecule has 1 N–H and O–H groups in total. The topological polar surface area (TPSA) is 40.5 Å². The van der Waals surface area contributed by atoms with E-state index in [0.717, 1.165) is 25.9 Å². The van der Waals surface area contributed by atoms with E-state index in [0.29, 0.717) is 6.04 Å². The number of nitrogens with zero attached hydrogens (tertiary/aromatic N) is 1. The maximum atomic E-state index is 10.8. The van der Waals surface area contributed by atoms with Crippen LogP contribution in [0.25, 0.3) is 0 Å². The molecule has 0 aromatic heterocycles. The molecule has 1 rings (SSSR count). The highest BCUT2D eigenvalue weighted by Gasteiger charge is 2.30. The highest BCUT2D eigenvalue weighted by Crippen LogP contribution is 2.22. The van der Waals surface area contributed by atoms with Gasteiger partial charge in [0.1, 0.15) is 0 Å². The van der Waals surface area contributed by atoms with Crippen molar-refractivity contribution in [2.24, 2.45) is 5.92 Å². The van der Waals surface area contributed by atoms with Gasteiger partial charge in [-0.25, -0.2) is 0 Å². The van der Waals surface area contributed by atoms with Crippen molar-refractivity contribution in [1.29, 1.82) is 0 Å². The summed E-state index contributed by atoms with van der Waals surface area (Å²) in [6.45, 7) is 6.10. The van der Waals surface area contributed by atoms with Gasteiger partial charge in [-0.3, -0.25) is 9.69 Å². The average Bonchev–Trinajstić information content (AvgIpc) is 2.63. The molecular weight excluding hydrogens is 178 g/mol. The summed E-state index contributed by atoms with van der Waals surface area (Å²) in [6, 6.07) is 0.601. The number of carbonyl (C=O) groups is 1. The van der Waals surface area contributed by atoms with E-state index in [1.54, 1.807) is 0 Å². The van der Waals surface area contributed by atoms with E-state index >= 15 is 0 Å². The van der Waals surface area contributed by atoms with Crippen LogP contribution >= 0.6 is 0 Å². The van der Waals surface area contributed by atoms with Crippen molar-refractivity contribution in [3.8, 4) is 0 Å². The average molecular weight is 199 g/mol. The molecule has 0 amide bonds. The van der Waals surface area contributed by atoms with Gasteiger partial charge in [0.2, 0.25) is 0 Å². The molecule has 14 heavy (non-hydrogen) atoms. The van der Waals surface area contributed by atoms with Gasteiger partial charge < -0.3 is 5.11 Å². The molecule has 82 valence electrons. The fourth-order valence-corrected chi connectivity index (χ4v) is 2.30. The Bertz CT molecular complexity index is 194. The largest absolute Gasteiger partial charge is 0.481 e. The predicted octanol–water partition coefficient (Wildman–Crippen LogP) is 1.97. The van der Waals surface area contributed by atoms with Crippen molar-refractivity contribution in [2.45, 2.75) is 45.6 Å². The first-order valence-corrected chi connectivity index (χ1v) is 5.65. The van der Waals surface area contributed by atoms with Gasteiger partial charge in [-0.2, -0.15) is 0 Å². The lowest BCUT2D eigenvalue weighted by molar-refractivity contribution is -0.141. The number of likely N-dealkylation sites (tertiary alicyclic amines) is 1. The second-order valence-electron chi connectivity index (χ2n) is 4.17. The van der Waals surface area contributed by atoms with Crippen LogP contribution < -0.4 is 0 Å². The number of rotatable bonds is 5. The van der Waals surface area contributed by atoms with Crippen LogP contribution in [0.2, 0.25) is 0 Å². The summed E-state index contributed by atoms with van der Waals surface area (Å²) in [5.41, 5.74) is 0. The van der Waals surface area contributed by atoms with E-state index in [9.17, 15) is 4.79 Å². The molecule has 0 aromatic carbocycles. The lowest BCUT2D eigenvalue weighted by Gasteiger charge is -2.26. The van der Waals surface area contributed by atoms with Crippen LogP contribution in [-0.2, 0) is 4.79 Å². The van der Waals surface area contributed by atoms with Crippen LogP contribution in [0.3, 0.4) is 0 Å². The minimum absolute atomic E-state index is 0.124. The fraction of sp³-hybridized carbons (Fsp3) is 0.909. The highest BCUT2D eigenvalue weighted by atomic mass is 16.4. The number of carboxylic acid groups (broad SMARTS) is 1. The second-order valence-corrected chi connectivity index (χ2v) is 4.17. The molecule has 2 atom stereocenters. The first-order valence-electron chi connectivity index (χ1n) is 5.65. The van der Waals surface area contributed by atoms with Gasteiger partial charge in [0.05, 0.1) is 5.92 Å². The molecule has 1 heterocycles. The lowest BCUT2D eigenvalue weighted by Crippen LogP contribution is -2.33. The highest BCUT2D eigenvalue weighted by molar-refractivity contribution is 5.70. The van der Waals surface area contributed by atoms with Gasteiger partial charge in [-0.15, -0.1) is 0 Å². The third-order valence-corrected chi connectivity index (χ3v) is 3.18. The Morgan fingerprint density at radius 2 is 2.29 bits per heavy atom. The van der Waals surface area contributed by atoms with Crippen molar-refractivity contribution in [1.82, 2.24) is 4.90 Å². The Morgan fingerprint density at radius 1 is 1.57 bits per heavy atom. The van der Waals surface area contributed by atoms with Gasteiger partial charge in [-0.1, -0.05) is 20.3 Å². The summed E-state index contributed by atoms with van der Waals surface area (Å²) in [6.07, 6.45) is 4.35. The second kappa shape index (κ2) is 5.35. The Morgan fingerprint density at radius 3 is 2.71 bits per heavy atom. The van der Waals surface area contributed by atoms with Gasteiger partial charge in [0, 0.05) is 12.6 Å². The molecule has 0 bridgehead atoms. The van der Waals surface area contributed by atoms with E-state index < -0.39 is 5.97 Å². The minimum atomic E-state index is -0.626. The van der Waals surface area contributed by atoms with Crippen LogP contribution in [0.1, 0.15) is 39.5 Å². The first kappa shape index (κ1) is 11.5. The monoisotopic (exact) mass is 199 g/mol. The molecule has 1 saturated heterocycles. The zero-order valence-electron chi connectivity index (χ0n) is 9.20. The zero-order valence-corrected chi connectivity index (χ0v) is 9.20. The summed E-state index contributed by atoms with van der Waals surface area (Å²) >= 11 is 0. The summed E-state index contributed by atoms with van der Waals surface area (Å²) in [4.78, 5) is 13.1. The molecule has 3 nitrogen and oxygen atoms in total. The van der Waals surface area contributed by atoms with Crippen LogP contribution in [-0.4, -0.2) is 35.1 Å². The minimum Gasteiger partial charge on any atom is -0.481 e. The van der Waals surface area contributed by atoms with E-state index in [1.165, 1.54) is 12.8 Å². The van der Waals surface area contributed by atoms with Gasteiger partial charge in [0.15, 0.2) is 0 Å². The number of aliphatic carboxylic acids is 1. The van der Waals surface area contributed by atoms with Crippen molar-refractivity contribution >= 4 is 5.97 Å². The first-order chi connectivity index (χ1) is 6.69. The van der Waals surface area contributed by atoms with Crippen LogP contribution in [0.4, 0.5) is 0 Å². The maximum Gasteiger partial charge on any atom is 0.307 e. The molecule has 0 spiro atoms. The summed E-state index contributed by atoms with van der Waals surface area (Å²) in [7, 11) is 0. The molecule has 0 aliphatic carbocycles. The Hall–Kier alpha value is -0.570. The quantitative estimate of drug-likeness (QED) is 0.736. The standard InChI is InChI=1S/C11H21NO2/c1-3-5-10(4-2)12-7-6-9(8-12)11(13)14/h9-10H,3-8H2,1-2H3,(H,13,14). The fourth-order valence-electron chi connectivity index (χ4n) is 2.30. The molecule has 0 saturated carbocycles. The number of carboxylic acids is 1.